The molecular weight excluding hydrogens is 359 g/mol. The van der Waals surface area contributed by atoms with Crippen molar-refractivity contribution in [3.05, 3.63) is 57.8 Å². The van der Waals surface area contributed by atoms with Crippen LogP contribution in [0, 0.1) is 5.82 Å². The summed E-state index contributed by atoms with van der Waals surface area (Å²) in [6.07, 6.45) is 0. The number of benzene rings is 2. The Kier molecular flexibility index (Phi) is 3.69. The minimum absolute atomic E-state index is 0.239. The van der Waals surface area contributed by atoms with E-state index in [-0.39, 0.29) is 11.6 Å². The van der Waals surface area contributed by atoms with Crippen molar-refractivity contribution >= 4 is 33.3 Å². The topological polar surface area (TPSA) is 52.0 Å². The van der Waals surface area contributed by atoms with E-state index in [4.69, 9.17) is 21.9 Å². The van der Waals surface area contributed by atoms with Crippen LogP contribution in [0.25, 0.3) is 22.5 Å². The lowest BCUT2D eigenvalue weighted by Gasteiger charge is -2.05. The fraction of sp³-hybridized carbons (Fsp3) is 0. The van der Waals surface area contributed by atoms with E-state index in [9.17, 15) is 4.39 Å². The molecule has 0 aliphatic rings. The van der Waals surface area contributed by atoms with Crippen molar-refractivity contribution in [3.63, 3.8) is 0 Å². The number of nitrogens with two attached hydrogens (primary N) is 1. The second-order valence-corrected chi connectivity index (χ2v) is 5.69. The highest BCUT2D eigenvalue weighted by Crippen LogP contribution is 2.40. The molecule has 0 bridgehead atoms. The van der Waals surface area contributed by atoms with Crippen LogP contribution in [0.3, 0.4) is 0 Å². The van der Waals surface area contributed by atoms with Crippen LogP contribution in [0.5, 0.6) is 0 Å². The quantitative estimate of drug-likeness (QED) is 0.682. The van der Waals surface area contributed by atoms with Crippen LogP contribution in [0.4, 0.5) is 10.2 Å². The van der Waals surface area contributed by atoms with E-state index in [1.807, 2.05) is 12.1 Å². The van der Waals surface area contributed by atoms with Gasteiger partial charge in [-0.05, 0) is 35.9 Å². The molecule has 6 heteroatoms. The van der Waals surface area contributed by atoms with Gasteiger partial charge in [-0.2, -0.15) is 0 Å². The van der Waals surface area contributed by atoms with Crippen LogP contribution in [-0.2, 0) is 0 Å². The van der Waals surface area contributed by atoms with Crippen molar-refractivity contribution in [2.75, 3.05) is 5.73 Å². The number of hydrogen-bond donors (Lipinski definition) is 1. The van der Waals surface area contributed by atoms with Gasteiger partial charge in [0.05, 0.1) is 5.56 Å². The Morgan fingerprint density at radius 3 is 2.57 bits per heavy atom. The summed E-state index contributed by atoms with van der Waals surface area (Å²) in [6.45, 7) is 0. The molecule has 0 aliphatic heterocycles. The zero-order chi connectivity index (χ0) is 15.0. The highest BCUT2D eigenvalue weighted by Gasteiger charge is 2.20. The van der Waals surface area contributed by atoms with E-state index in [0.29, 0.717) is 26.4 Å². The molecule has 0 saturated carbocycles. The van der Waals surface area contributed by atoms with Gasteiger partial charge in [0.25, 0.3) is 0 Å². The Morgan fingerprint density at radius 1 is 1.14 bits per heavy atom. The third-order valence-corrected chi connectivity index (χ3v) is 3.97. The Labute approximate surface area is 133 Å². The summed E-state index contributed by atoms with van der Waals surface area (Å²) in [6, 6.07) is 11.4. The molecule has 0 aliphatic carbocycles. The lowest BCUT2D eigenvalue weighted by atomic mass is 10.0. The molecule has 3 aromatic rings. The minimum Gasteiger partial charge on any atom is -0.380 e. The maximum absolute atomic E-state index is 13.5. The molecule has 3 rings (SSSR count). The Balaban J connectivity index is 2.21. The number of aromatic nitrogens is 1. The molecule has 1 aromatic heterocycles. The first-order chi connectivity index (χ1) is 10.1. The predicted molar refractivity (Wildman–Crippen MR) is 84.5 cm³/mol. The first-order valence-electron chi connectivity index (χ1n) is 6.03. The van der Waals surface area contributed by atoms with Crippen LogP contribution < -0.4 is 5.73 Å². The van der Waals surface area contributed by atoms with Gasteiger partial charge in [-0.3, -0.25) is 0 Å². The van der Waals surface area contributed by atoms with Gasteiger partial charge in [-0.25, -0.2) is 4.39 Å². The number of nitrogen functional groups attached to an aromatic ring is 1. The van der Waals surface area contributed by atoms with Crippen molar-refractivity contribution in [1.29, 1.82) is 0 Å². The summed E-state index contributed by atoms with van der Waals surface area (Å²) in [5.74, 6) is 0.273. The van der Waals surface area contributed by atoms with Crippen molar-refractivity contribution in [1.82, 2.24) is 5.16 Å². The maximum atomic E-state index is 13.5. The molecule has 1 heterocycles. The minimum atomic E-state index is -0.370. The standard InChI is InChI=1S/C15H9BrClFN2O/c16-12-6-5-10(18)7-11(12)14-13(15(19)20-21-14)8-1-3-9(17)4-2-8/h1-7H,(H2,19,20). The number of anilines is 1. The van der Waals surface area contributed by atoms with Crippen LogP contribution in [0.1, 0.15) is 0 Å². The third kappa shape index (κ3) is 2.66. The molecule has 2 aromatic carbocycles. The molecule has 0 unspecified atom stereocenters. The van der Waals surface area contributed by atoms with Gasteiger partial charge in [0.1, 0.15) is 5.82 Å². The van der Waals surface area contributed by atoms with E-state index in [2.05, 4.69) is 21.1 Å². The summed E-state index contributed by atoms with van der Waals surface area (Å²) in [5.41, 5.74) is 7.84. The molecule has 21 heavy (non-hydrogen) atoms. The Morgan fingerprint density at radius 2 is 1.86 bits per heavy atom. The number of nitrogens with zero attached hydrogens (tertiary/aromatic N) is 1. The summed E-state index contributed by atoms with van der Waals surface area (Å²) >= 11 is 9.27. The Bertz CT molecular complexity index is 802. The number of halogens is 3. The first-order valence-corrected chi connectivity index (χ1v) is 7.20. The molecule has 3 nitrogen and oxygen atoms in total. The third-order valence-electron chi connectivity index (χ3n) is 3.02. The predicted octanol–water partition coefficient (Wildman–Crippen LogP) is 5.15. The molecule has 2 N–H and O–H groups in total. The molecule has 0 radical (unpaired) electrons. The fourth-order valence-electron chi connectivity index (χ4n) is 2.05. The monoisotopic (exact) mass is 366 g/mol. The van der Waals surface area contributed by atoms with Crippen LogP contribution in [-0.4, -0.2) is 5.16 Å². The lowest BCUT2D eigenvalue weighted by molar-refractivity contribution is 0.435. The van der Waals surface area contributed by atoms with Gasteiger partial charge < -0.3 is 10.3 Å². The highest BCUT2D eigenvalue weighted by atomic mass is 79.9. The van der Waals surface area contributed by atoms with Gasteiger partial charge in [-0.1, -0.05) is 44.8 Å². The van der Waals surface area contributed by atoms with E-state index in [0.717, 1.165) is 5.56 Å². The largest absolute Gasteiger partial charge is 0.380 e. The SMILES string of the molecule is Nc1noc(-c2cc(F)ccc2Br)c1-c1ccc(Cl)cc1. The zero-order valence-electron chi connectivity index (χ0n) is 10.6. The fourth-order valence-corrected chi connectivity index (χ4v) is 2.61. The summed E-state index contributed by atoms with van der Waals surface area (Å²) in [7, 11) is 0. The normalized spacial score (nSPS) is 10.8. The van der Waals surface area contributed by atoms with Gasteiger partial charge in [0, 0.05) is 15.1 Å². The van der Waals surface area contributed by atoms with Gasteiger partial charge >= 0.3 is 0 Å². The van der Waals surface area contributed by atoms with Crippen LogP contribution in [0.2, 0.25) is 5.02 Å². The molecule has 0 fully saturated rings. The number of hydrogen-bond acceptors (Lipinski definition) is 3. The summed E-state index contributed by atoms with van der Waals surface area (Å²) in [4.78, 5) is 0. The van der Waals surface area contributed by atoms with Crippen molar-refractivity contribution in [2.24, 2.45) is 0 Å². The average molecular weight is 368 g/mol. The zero-order valence-corrected chi connectivity index (χ0v) is 13.0. The van der Waals surface area contributed by atoms with Crippen molar-refractivity contribution in [3.8, 4) is 22.5 Å². The molecular formula is C15H9BrClFN2O. The molecule has 106 valence electrons. The molecule has 0 amide bonds. The van der Waals surface area contributed by atoms with E-state index < -0.39 is 0 Å². The maximum Gasteiger partial charge on any atom is 0.178 e. The summed E-state index contributed by atoms with van der Waals surface area (Å²) < 4.78 is 19.5. The van der Waals surface area contributed by atoms with E-state index in [1.54, 1.807) is 18.2 Å². The van der Waals surface area contributed by atoms with Gasteiger partial charge in [-0.15, -0.1) is 0 Å². The van der Waals surface area contributed by atoms with Gasteiger partial charge in [0.15, 0.2) is 11.6 Å². The van der Waals surface area contributed by atoms with Crippen molar-refractivity contribution < 1.29 is 8.91 Å². The lowest BCUT2D eigenvalue weighted by Crippen LogP contribution is -1.89. The molecule has 0 saturated heterocycles. The van der Waals surface area contributed by atoms with Crippen molar-refractivity contribution in [2.45, 2.75) is 0 Å². The van der Waals surface area contributed by atoms with Crippen LogP contribution in [0.15, 0.2) is 51.5 Å². The molecule has 0 spiro atoms. The highest BCUT2D eigenvalue weighted by molar-refractivity contribution is 9.10. The Hall–Kier alpha value is -1.85. The second-order valence-electron chi connectivity index (χ2n) is 4.40. The van der Waals surface area contributed by atoms with Crippen LogP contribution >= 0.6 is 27.5 Å². The smallest absolute Gasteiger partial charge is 0.178 e. The second kappa shape index (κ2) is 5.50. The summed E-state index contributed by atoms with van der Waals surface area (Å²) in [5, 5.41) is 4.40. The molecule has 0 atom stereocenters. The average Bonchev–Trinajstić information content (AvgIpc) is 2.84. The van der Waals surface area contributed by atoms with Gasteiger partial charge in [0.2, 0.25) is 0 Å². The van der Waals surface area contributed by atoms with E-state index in [1.165, 1.54) is 12.1 Å². The van der Waals surface area contributed by atoms with E-state index >= 15 is 0 Å². The first kappa shape index (κ1) is 14.1. The number of rotatable bonds is 2.